The molecule has 0 aliphatic carbocycles. The van der Waals surface area contributed by atoms with Crippen molar-refractivity contribution in [3.8, 4) is 0 Å². The first-order chi connectivity index (χ1) is 40.3. The molecule has 85 heavy (non-hydrogen) atoms. The van der Waals surface area contributed by atoms with Crippen LogP contribution in [0.15, 0.2) is 35.5 Å². The zero-order valence-electron chi connectivity index (χ0n) is 50.4. The molecule has 0 saturated carbocycles. The second-order valence-electron chi connectivity index (χ2n) is 23.9. The van der Waals surface area contributed by atoms with Crippen molar-refractivity contribution in [2.45, 2.75) is 204 Å². The van der Waals surface area contributed by atoms with E-state index in [1.54, 1.807) is 20.0 Å². The van der Waals surface area contributed by atoms with E-state index in [1.807, 2.05) is 63.7 Å². The molecule has 1 aromatic heterocycles. The Labute approximate surface area is 502 Å². The van der Waals surface area contributed by atoms with Crippen LogP contribution in [-0.2, 0) is 49.6 Å². The lowest BCUT2D eigenvalue weighted by atomic mass is 9.99. The maximum absolute atomic E-state index is 14.6. The third-order valence-electron chi connectivity index (χ3n) is 15.5. The highest BCUT2D eigenvalue weighted by atomic mass is 32.2. The van der Waals surface area contributed by atoms with Crippen molar-refractivity contribution < 1.29 is 47.9 Å². The van der Waals surface area contributed by atoms with Gasteiger partial charge in [0.05, 0.1) is 18.1 Å². The molecule has 0 bridgehead atoms. The topological polar surface area (TPSA) is 414 Å². The summed E-state index contributed by atoms with van der Waals surface area (Å²) < 4.78 is 0. The van der Waals surface area contributed by atoms with E-state index in [9.17, 15) is 47.9 Å². The smallest absolute Gasteiger partial charge is 0.315 e. The van der Waals surface area contributed by atoms with Crippen LogP contribution in [-0.4, -0.2) is 166 Å². The number of nitrogens with one attached hydrogen (secondary N) is 10. The molecule has 26 nitrogen and oxygen atoms in total. The highest BCUT2D eigenvalue weighted by Gasteiger charge is 2.43. The minimum atomic E-state index is -1.29. The molecular formula is C58H94N16O10S. The molecule has 11 atom stereocenters. The van der Waals surface area contributed by atoms with Crippen LogP contribution < -0.4 is 70.8 Å². The Hall–Kier alpha value is -7.16. The number of nitrogens with two attached hydrogens (primary N) is 4. The van der Waals surface area contributed by atoms with E-state index in [1.165, 1.54) is 11.8 Å². The van der Waals surface area contributed by atoms with Gasteiger partial charge in [-0.3, -0.25) is 48.1 Å². The number of unbranched alkanes of at least 4 members (excludes halogenated alkanes) is 2. The van der Waals surface area contributed by atoms with E-state index >= 15 is 0 Å². The van der Waals surface area contributed by atoms with Gasteiger partial charge in [0.1, 0.15) is 42.3 Å². The summed E-state index contributed by atoms with van der Waals surface area (Å²) in [5.41, 5.74) is 24.5. The molecule has 18 N–H and O–H groups in total. The van der Waals surface area contributed by atoms with E-state index in [4.69, 9.17) is 22.9 Å². The van der Waals surface area contributed by atoms with Crippen molar-refractivity contribution in [3.63, 3.8) is 0 Å². The molecule has 11 amide bonds. The molecule has 0 spiro atoms. The van der Waals surface area contributed by atoms with Gasteiger partial charge in [-0.15, -0.1) is 0 Å². The van der Waals surface area contributed by atoms with Gasteiger partial charge in [-0.25, -0.2) is 4.79 Å². The first-order valence-corrected chi connectivity index (χ1v) is 31.1. The summed E-state index contributed by atoms with van der Waals surface area (Å²) in [6.45, 7) is 13.1. The number of primary amides is 1. The van der Waals surface area contributed by atoms with Crippen molar-refractivity contribution >= 4 is 87.8 Å². The summed E-state index contributed by atoms with van der Waals surface area (Å²) in [6.07, 6.45) is 7.21. The number of amides is 11. The SMILES string of the molecule is CC(C)C[C@H](NC(=O)[C@H](C)NC(=O)[C@H](Cc1c[nH]c2ccccc12)NC(=O)[C@@H]1CCCN1C(=O)[C@H](CCCN=C(N)N)NC(=O)[C@@H](NC(=O)[C@@H](N)CC(C)C)C(C)C)C(=O)N[C@@H](CCCCNC(=O)CCCC[C@@H]1SC[C@H]2NC(=O)N[C@@H]12)C(N)=O. The van der Waals surface area contributed by atoms with Crippen LogP contribution in [0.25, 0.3) is 10.9 Å². The van der Waals surface area contributed by atoms with Crippen LogP contribution >= 0.6 is 11.8 Å². The number of hydrogen-bond donors (Lipinski definition) is 14. The van der Waals surface area contributed by atoms with Gasteiger partial charge in [0.15, 0.2) is 5.96 Å². The van der Waals surface area contributed by atoms with Crippen molar-refractivity contribution in [2.75, 3.05) is 25.4 Å². The Kier molecular flexibility index (Phi) is 27.1. The molecular weight excluding hydrogens is 1110 g/mol. The standard InChI is InChI=1S/C58H94N16O10S/c1-31(2)26-37(59)51(78)72-47(33(5)6)55(82)68-40(19-14-24-64-57(61)62)56(83)74-25-15-20-44(74)54(81)70-42(28-35-29-65-38-17-9-8-16-36(35)38)52(79)66-34(7)50(77)69-41(27-32(3)4)53(80)67-39(49(60)76)18-12-13-23-63-46(75)22-11-10-21-45-48-43(30-85-45)71-58(84)73-48/h8-9,16-17,29,31-34,37,39-45,47-48,65H,10-15,18-28,30,59H2,1-7H3,(H2,60,76)(H,63,75)(H,66,79)(H,67,80)(H,68,82)(H,69,77)(H,70,81)(H,72,78)(H4,61,62,64)(H2,71,73,84)/t34-,37-,39-,40-,41-,42-,43+,44-,45-,47-,48+/m0/s1. The van der Waals surface area contributed by atoms with Gasteiger partial charge in [0.25, 0.3) is 0 Å². The molecule has 4 heterocycles. The maximum atomic E-state index is 14.6. The van der Waals surface area contributed by atoms with Gasteiger partial charge in [-0.05, 0) is 107 Å². The van der Waals surface area contributed by atoms with Crippen molar-refractivity contribution in [1.29, 1.82) is 0 Å². The van der Waals surface area contributed by atoms with Crippen LogP contribution in [0.2, 0.25) is 0 Å². The van der Waals surface area contributed by atoms with E-state index in [-0.39, 0.29) is 93.4 Å². The maximum Gasteiger partial charge on any atom is 0.315 e. The molecule has 0 radical (unpaired) electrons. The number of aromatic amines is 1. The number of guanidine groups is 1. The number of H-pyrrole nitrogens is 1. The number of carbonyl (C=O) groups is 10. The van der Waals surface area contributed by atoms with E-state index in [2.05, 4.69) is 57.8 Å². The van der Waals surface area contributed by atoms with Crippen LogP contribution in [0.4, 0.5) is 4.79 Å². The number of aromatic nitrogens is 1. The molecule has 472 valence electrons. The number of hydrogen-bond acceptors (Lipinski definition) is 13. The van der Waals surface area contributed by atoms with Gasteiger partial charge < -0.3 is 80.7 Å². The average Bonchev–Trinajstić information content (AvgIpc) is 4.03. The predicted molar refractivity (Wildman–Crippen MR) is 326 cm³/mol. The lowest BCUT2D eigenvalue weighted by Gasteiger charge is -2.31. The molecule has 3 aliphatic rings. The number of rotatable bonds is 35. The van der Waals surface area contributed by atoms with E-state index < -0.39 is 102 Å². The van der Waals surface area contributed by atoms with Gasteiger partial charge >= 0.3 is 6.03 Å². The summed E-state index contributed by atoms with van der Waals surface area (Å²) in [5, 5.41) is 26.5. The highest BCUT2D eigenvalue weighted by molar-refractivity contribution is 8.00. The largest absolute Gasteiger partial charge is 0.370 e. The van der Waals surface area contributed by atoms with Crippen LogP contribution in [0.3, 0.4) is 0 Å². The molecule has 2 aromatic rings. The van der Waals surface area contributed by atoms with Gasteiger partial charge in [-0.2, -0.15) is 11.8 Å². The lowest BCUT2D eigenvalue weighted by molar-refractivity contribution is -0.143. The molecule has 1 aromatic carbocycles. The van der Waals surface area contributed by atoms with E-state index in [0.717, 1.165) is 29.5 Å². The van der Waals surface area contributed by atoms with Crippen molar-refractivity contribution in [2.24, 2.45) is 45.7 Å². The third-order valence-corrected chi connectivity index (χ3v) is 17.0. The zero-order chi connectivity index (χ0) is 62.5. The Morgan fingerprint density at radius 3 is 2.11 bits per heavy atom. The van der Waals surface area contributed by atoms with E-state index in [0.29, 0.717) is 55.9 Å². The summed E-state index contributed by atoms with van der Waals surface area (Å²) in [7, 11) is 0. The van der Waals surface area contributed by atoms with Crippen molar-refractivity contribution in [1.82, 2.24) is 57.7 Å². The Morgan fingerprint density at radius 2 is 1.41 bits per heavy atom. The first kappa shape index (κ1) is 68.6. The van der Waals surface area contributed by atoms with Gasteiger partial charge in [-0.1, -0.05) is 66.2 Å². The molecule has 0 unspecified atom stereocenters. The zero-order valence-corrected chi connectivity index (χ0v) is 51.2. The third kappa shape index (κ3) is 21.4. The fourth-order valence-electron chi connectivity index (χ4n) is 10.9. The monoisotopic (exact) mass is 1210 g/mol. The average molecular weight is 1210 g/mol. The number of para-hydroxylation sites is 1. The number of carbonyl (C=O) groups excluding carboxylic acids is 10. The fraction of sp³-hybridized carbons (Fsp3) is 0.672. The number of thioether (sulfide) groups is 1. The predicted octanol–water partition coefficient (Wildman–Crippen LogP) is 0.257. The second-order valence-corrected chi connectivity index (χ2v) is 25.2. The Balaban J connectivity index is 1.20. The van der Waals surface area contributed by atoms with Crippen LogP contribution in [0.1, 0.15) is 138 Å². The minimum absolute atomic E-state index is 0.0368. The number of likely N-dealkylation sites (tertiary alicyclic amines) is 1. The number of benzene rings is 1. The molecule has 3 saturated heterocycles. The summed E-state index contributed by atoms with van der Waals surface area (Å²) in [5.74, 6) is -4.97. The van der Waals surface area contributed by atoms with Gasteiger partial charge in [0.2, 0.25) is 53.2 Å². The lowest BCUT2D eigenvalue weighted by Crippen LogP contribution is -2.60. The van der Waals surface area contributed by atoms with Gasteiger partial charge in [0, 0.05) is 60.6 Å². The number of urea groups is 1. The number of aliphatic imine (C=N–C) groups is 1. The quantitative estimate of drug-likeness (QED) is 0.0191. The summed E-state index contributed by atoms with van der Waals surface area (Å²) >= 11 is 1.84. The fourth-order valence-corrected chi connectivity index (χ4v) is 12.5. The molecule has 27 heteroatoms. The molecule has 3 aliphatic heterocycles. The number of fused-ring (bicyclic) bond motifs is 2. The van der Waals surface area contributed by atoms with Crippen LogP contribution in [0, 0.1) is 17.8 Å². The normalized spacial score (nSPS) is 19.8. The summed E-state index contributed by atoms with van der Waals surface area (Å²) in [4.78, 5) is 144. The summed E-state index contributed by atoms with van der Waals surface area (Å²) in [6, 6.07) is -1.35. The highest BCUT2D eigenvalue weighted by Crippen LogP contribution is 2.33. The molecule has 5 rings (SSSR count). The van der Waals surface area contributed by atoms with Crippen LogP contribution in [0.5, 0.6) is 0 Å². The first-order valence-electron chi connectivity index (χ1n) is 30.1. The Bertz CT molecular complexity index is 2660. The number of nitrogens with zero attached hydrogens (tertiary/aromatic N) is 2. The minimum Gasteiger partial charge on any atom is -0.370 e. The van der Waals surface area contributed by atoms with Crippen molar-refractivity contribution in [3.05, 3.63) is 36.0 Å². The molecule has 3 fully saturated rings. The second kappa shape index (κ2) is 33.5. The Morgan fingerprint density at radius 1 is 0.729 bits per heavy atom.